The van der Waals surface area contributed by atoms with Gasteiger partial charge in [0.1, 0.15) is 6.61 Å². The van der Waals surface area contributed by atoms with Crippen molar-refractivity contribution in [3.8, 4) is 0 Å². The molecule has 0 aromatic carbocycles. The lowest BCUT2D eigenvalue weighted by atomic mass is 10.0. The minimum atomic E-state index is -4.29. The van der Waals surface area contributed by atoms with Gasteiger partial charge in [-0.05, 0) is 38.5 Å². The third kappa shape index (κ3) is 43.3. The summed E-state index contributed by atoms with van der Waals surface area (Å²) in [6, 6.07) is 0. The Balaban J connectivity index is 3.95. The Labute approximate surface area is 356 Å². The Bertz CT molecular complexity index is 1130. The fraction of sp³-hybridized carbons (Fsp3) is 0.755. The van der Waals surface area contributed by atoms with Crippen molar-refractivity contribution in [2.75, 3.05) is 20.3 Å². The standard InChI is InChI=1S/C49H87O8P/c1-4-6-8-10-12-14-16-18-20-21-22-23-24-25-26-27-28-30-31-33-35-37-39-41-43-48(50)55-45-47(46-56-58(52,53)54-3)57-49(51)44-42-40-38-36-34-32-29-19-17-15-13-11-9-7-5-2/h7,9,13,15,19,29,34,36,40,42,47H,4-6,8,10-12,14,16-18,20-28,30-33,35,37-39,41,43-46H2,1-3H3,(H,52,53)/b9-7-,15-13-,29-19-,36-34-,42-40-. The Morgan fingerprint density at radius 3 is 1.24 bits per heavy atom. The molecule has 0 amide bonds. The Morgan fingerprint density at radius 2 is 0.862 bits per heavy atom. The van der Waals surface area contributed by atoms with Gasteiger partial charge in [0.25, 0.3) is 0 Å². The first-order valence-electron chi connectivity index (χ1n) is 23.5. The number of carbonyl (C=O) groups is 2. The number of carbonyl (C=O) groups excluding carboxylic acids is 2. The van der Waals surface area contributed by atoms with Crippen molar-refractivity contribution in [3.63, 3.8) is 0 Å². The number of rotatable bonds is 43. The van der Waals surface area contributed by atoms with Crippen molar-refractivity contribution in [2.45, 2.75) is 219 Å². The van der Waals surface area contributed by atoms with Gasteiger partial charge in [-0.25, -0.2) is 4.57 Å². The highest BCUT2D eigenvalue weighted by atomic mass is 31.2. The molecule has 0 aliphatic rings. The maximum atomic E-state index is 12.4. The monoisotopic (exact) mass is 835 g/mol. The normalized spacial score (nSPS) is 13.8. The van der Waals surface area contributed by atoms with E-state index in [1.165, 1.54) is 135 Å². The third-order valence-corrected chi connectivity index (χ3v) is 11.0. The summed E-state index contributed by atoms with van der Waals surface area (Å²) in [4.78, 5) is 34.5. The average Bonchev–Trinajstić information content (AvgIpc) is 3.21. The summed E-state index contributed by atoms with van der Waals surface area (Å²) in [5, 5.41) is 0. The molecule has 1 N–H and O–H groups in total. The topological polar surface area (TPSA) is 108 Å². The molecule has 336 valence electrons. The van der Waals surface area contributed by atoms with Gasteiger partial charge in [0.2, 0.25) is 0 Å². The van der Waals surface area contributed by atoms with Crippen LogP contribution >= 0.6 is 7.82 Å². The number of phosphoric ester groups is 1. The molecule has 0 spiro atoms. The van der Waals surface area contributed by atoms with Crippen molar-refractivity contribution < 1.29 is 37.6 Å². The van der Waals surface area contributed by atoms with Crippen molar-refractivity contribution in [1.82, 2.24) is 0 Å². The van der Waals surface area contributed by atoms with Crippen molar-refractivity contribution >= 4 is 19.8 Å². The summed E-state index contributed by atoms with van der Waals surface area (Å²) in [5.41, 5.74) is 0. The lowest BCUT2D eigenvalue weighted by Crippen LogP contribution is -2.29. The number of phosphoric acid groups is 1. The average molecular weight is 835 g/mol. The van der Waals surface area contributed by atoms with Crippen molar-refractivity contribution in [2.24, 2.45) is 0 Å². The Kier molecular flexibility index (Phi) is 42.6. The van der Waals surface area contributed by atoms with Crippen LogP contribution in [0.5, 0.6) is 0 Å². The zero-order valence-electron chi connectivity index (χ0n) is 37.4. The number of allylic oxidation sites excluding steroid dienone is 9. The van der Waals surface area contributed by atoms with Crippen molar-refractivity contribution in [3.05, 3.63) is 60.8 Å². The highest BCUT2D eigenvalue weighted by Crippen LogP contribution is 2.42. The summed E-state index contributed by atoms with van der Waals surface area (Å²) in [6.45, 7) is 3.71. The molecule has 0 aliphatic carbocycles. The van der Waals surface area contributed by atoms with Crippen LogP contribution in [0, 0.1) is 0 Å². The van der Waals surface area contributed by atoms with Crippen molar-refractivity contribution in [1.29, 1.82) is 0 Å². The number of unbranched alkanes of at least 4 members (excludes halogenated alkanes) is 23. The zero-order valence-corrected chi connectivity index (χ0v) is 38.3. The van der Waals surface area contributed by atoms with Crippen LogP contribution in [-0.2, 0) is 32.7 Å². The first-order valence-corrected chi connectivity index (χ1v) is 25.0. The van der Waals surface area contributed by atoms with Gasteiger partial charge < -0.3 is 14.4 Å². The SMILES string of the molecule is CC/C=C\C/C=C\C/C=C\C/C=C\C/C=C\CC(=O)OC(COC(=O)CCCCCCCCCCCCCCCCCCCCCCCCCC)COP(=O)(O)OC. The molecule has 0 bridgehead atoms. The van der Waals surface area contributed by atoms with Crippen LogP contribution in [0.15, 0.2) is 60.8 Å². The van der Waals surface area contributed by atoms with Gasteiger partial charge in [-0.1, -0.05) is 222 Å². The largest absolute Gasteiger partial charge is 0.472 e. The first-order chi connectivity index (χ1) is 28.3. The summed E-state index contributed by atoms with van der Waals surface area (Å²) in [5.74, 6) is -0.946. The number of hydrogen-bond donors (Lipinski definition) is 1. The van der Waals surface area contributed by atoms with Gasteiger partial charge in [-0.3, -0.25) is 18.6 Å². The van der Waals surface area contributed by atoms with E-state index in [0.29, 0.717) is 6.42 Å². The van der Waals surface area contributed by atoms with Crippen LogP contribution in [-0.4, -0.2) is 43.3 Å². The molecule has 0 aromatic heterocycles. The fourth-order valence-electron chi connectivity index (χ4n) is 6.50. The van der Waals surface area contributed by atoms with E-state index in [1.807, 2.05) is 12.2 Å². The number of ether oxygens (including phenoxy) is 2. The molecule has 2 unspecified atom stereocenters. The van der Waals surface area contributed by atoms with Crippen LogP contribution in [0.1, 0.15) is 213 Å². The highest BCUT2D eigenvalue weighted by molar-refractivity contribution is 7.47. The van der Waals surface area contributed by atoms with E-state index in [4.69, 9.17) is 14.0 Å². The maximum absolute atomic E-state index is 12.4. The molecule has 8 nitrogen and oxygen atoms in total. The van der Waals surface area contributed by atoms with E-state index >= 15 is 0 Å². The molecule has 0 fully saturated rings. The molecule has 0 heterocycles. The smallest absolute Gasteiger partial charge is 0.462 e. The van der Waals surface area contributed by atoms with Crippen LogP contribution in [0.4, 0.5) is 0 Å². The predicted molar refractivity (Wildman–Crippen MR) is 244 cm³/mol. The lowest BCUT2D eigenvalue weighted by molar-refractivity contribution is -0.160. The minimum absolute atomic E-state index is 0.0125. The second-order valence-electron chi connectivity index (χ2n) is 15.5. The molecule has 2 atom stereocenters. The molecule has 0 saturated carbocycles. The number of esters is 2. The van der Waals surface area contributed by atoms with Gasteiger partial charge >= 0.3 is 19.8 Å². The molecule has 9 heteroatoms. The summed E-state index contributed by atoms with van der Waals surface area (Å²) in [6.07, 6.45) is 56.1. The predicted octanol–water partition coefficient (Wildman–Crippen LogP) is 15.1. The highest BCUT2D eigenvalue weighted by Gasteiger charge is 2.24. The lowest BCUT2D eigenvalue weighted by Gasteiger charge is -2.19. The first kappa shape index (κ1) is 55.8. The molecule has 0 rings (SSSR count). The van der Waals surface area contributed by atoms with Gasteiger partial charge in [0.05, 0.1) is 13.0 Å². The van der Waals surface area contributed by atoms with E-state index in [-0.39, 0.29) is 19.4 Å². The number of hydrogen-bond acceptors (Lipinski definition) is 7. The zero-order chi connectivity index (χ0) is 42.5. The molecular weight excluding hydrogens is 748 g/mol. The van der Waals surface area contributed by atoms with Gasteiger partial charge in [-0.15, -0.1) is 0 Å². The van der Waals surface area contributed by atoms with Crippen LogP contribution in [0.25, 0.3) is 0 Å². The van der Waals surface area contributed by atoms with Crippen LogP contribution < -0.4 is 0 Å². The van der Waals surface area contributed by atoms with Crippen LogP contribution in [0.2, 0.25) is 0 Å². The second kappa shape index (κ2) is 44.3. The Hall–Kier alpha value is -2.25. The third-order valence-electron chi connectivity index (χ3n) is 10.1. The van der Waals surface area contributed by atoms with E-state index in [2.05, 4.69) is 60.9 Å². The van der Waals surface area contributed by atoms with Crippen LogP contribution in [0.3, 0.4) is 0 Å². The quantitative estimate of drug-likeness (QED) is 0.0280. The molecule has 0 radical (unpaired) electrons. The molecule has 58 heavy (non-hydrogen) atoms. The van der Waals surface area contributed by atoms with E-state index in [0.717, 1.165) is 52.1 Å². The van der Waals surface area contributed by atoms with E-state index in [9.17, 15) is 19.0 Å². The van der Waals surface area contributed by atoms with Gasteiger partial charge in [0, 0.05) is 13.5 Å². The van der Waals surface area contributed by atoms with Gasteiger partial charge in [0.15, 0.2) is 6.10 Å². The Morgan fingerprint density at radius 1 is 0.500 bits per heavy atom. The van der Waals surface area contributed by atoms with E-state index < -0.39 is 32.5 Å². The second-order valence-corrected chi connectivity index (χ2v) is 17.1. The van der Waals surface area contributed by atoms with E-state index in [1.54, 1.807) is 6.08 Å². The summed E-state index contributed by atoms with van der Waals surface area (Å²) < 4.78 is 31.9. The molecule has 0 aromatic rings. The molecule has 0 saturated heterocycles. The summed E-state index contributed by atoms with van der Waals surface area (Å²) in [7, 11) is -3.24. The maximum Gasteiger partial charge on any atom is 0.472 e. The molecular formula is C49H87O8P. The minimum Gasteiger partial charge on any atom is -0.462 e. The fourth-order valence-corrected chi connectivity index (χ4v) is 6.96. The van der Waals surface area contributed by atoms with Gasteiger partial charge in [-0.2, -0.15) is 0 Å². The molecule has 0 aliphatic heterocycles. The summed E-state index contributed by atoms with van der Waals surface area (Å²) >= 11 is 0.